The third-order valence-corrected chi connectivity index (χ3v) is 4.70. The molecule has 0 unspecified atom stereocenters. The van der Waals surface area contributed by atoms with Gasteiger partial charge in [0.25, 0.3) is 5.91 Å². The predicted octanol–water partition coefficient (Wildman–Crippen LogP) is 4.70. The molecule has 29 heavy (non-hydrogen) atoms. The molecule has 0 saturated heterocycles. The van der Waals surface area contributed by atoms with Gasteiger partial charge in [-0.2, -0.15) is 23.4 Å². The van der Waals surface area contributed by atoms with Crippen LogP contribution in [0.5, 0.6) is 0 Å². The number of fused-ring (bicyclic) bond motifs is 1. The van der Waals surface area contributed by atoms with Crippen LogP contribution < -0.4 is 9.80 Å². The van der Waals surface area contributed by atoms with E-state index in [1.807, 2.05) is 0 Å². The lowest BCUT2D eigenvalue weighted by Crippen LogP contribution is -2.45. The average Bonchev–Trinajstić information content (AvgIpc) is 2.69. The molecule has 0 radical (unpaired) electrons. The van der Waals surface area contributed by atoms with Gasteiger partial charge in [-0.3, -0.25) is 9.69 Å². The predicted molar refractivity (Wildman–Crippen MR) is 98.4 cm³/mol. The van der Waals surface area contributed by atoms with Crippen LogP contribution in [0, 0.1) is 12.7 Å². The van der Waals surface area contributed by atoms with Crippen molar-refractivity contribution >= 4 is 23.0 Å². The molecule has 4 rings (SSSR count). The van der Waals surface area contributed by atoms with Crippen molar-refractivity contribution in [3.8, 4) is 0 Å². The highest BCUT2D eigenvalue weighted by Crippen LogP contribution is 2.40. The second-order valence-electron chi connectivity index (χ2n) is 6.56. The highest BCUT2D eigenvalue weighted by atomic mass is 19.4. The molecular weight excluding hydrogens is 388 g/mol. The summed E-state index contributed by atoms with van der Waals surface area (Å²) in [5.41, 5.74) is 0.834. The lowest BCUT2D eigenvalue weighted by Gasteiger charge is -2.38. The summed E-state index contributed by atoms with van der Waals surface area (Å²) in [6.07, 6.45) is -1.85. The van der Waals surface area contributed by atoms with Crippen LogP contribution in [0.1, 0.15) is 21.5 Å². The molecule has 1 amide bonds. The number of alkyl halides is 3. The van der Waals surface area contributed by atoms with Crippen LogP contribution >= 0.6 is 0 Å². The molecule has 0 fully saturated rings. The second kappa shape index (κ2) is 6.84. The summed E-state index contributed by atoms with van der Waals surface area (Å²) in [6, 6.07) is 8.70. The summed E-state index contributed by atoms with van der Waals surface area (Å²) in [7, 11) is 0. The van der Waals surface area contributed by atoms with E-state index in [0.717, 1.165) is 12.1 Å². The van der Waals surface area contributed by atoms with Crippen LogP contribution in [0.25, 0.3) is 0 Å². The van der Waals surface area contributed by atoms with Gasteiger partial charge in [-0.25, -0.2) is 4.39 Å². The number of carbonyl (C=O) groups is 1. The number of hydrogen-bond donors (Lipinski definition) is 0. The number of rotatable bonds is 2. The minimum atomic E-state index is -4.59. The van der Waals surface area contributed by atoms with Gasteiger partial charge in [-0.15, -0.1) is 0 Å². The molecule has 0 aliphatic carbocycles. The molecule has 0 bridgehead atoms. The molecule has 9 heteroatoms. The smallest absolute Gasteiger partial charge is 0.322 e. The molecule has 0 N–H and O–H groups in total. The quantitative estimate of drug-likeness (QED) is 0.583. The van der Waals surface area contributed by atoms with Crippen LogP contribution in [0.4, 0.5) is 34.6 Å². The molecule has 0 saturated carbocycles. The number of nitrogens with zero attached hydrogens (tertiary/aromatic N) is 4. The first-order valence-corrected chi connectivity index (χ1v) is 8.59. The molecule has 5 nitrogen and oxygen atoms in total. The third kappa shape index (κ3) is 3.39. The number of carbonyl (C=O) groups excluding carboxylic acids is 1. The molecule has 2 heterocycles. The maximum Gasteiger partial charge on any atom is 0.416 e. The number of halogens is 4. The minimum Gasteiger partial charge on any atom is -0.322 e. The van der Waals surface area contributed by atoms with Gasteiger partial charge in [0.15, 0.2) is 0 Å². The second-order valence-corrected chi connectivity index (χ2v) is 6.56. The minimum absolute atomic E-state index is 0.0232. The van der Waals surface area contributed by atoms with Crippen molar-refractivity contribution in [2.24, 2.45) is 0 Å². The SMILES string of the molecule is Cc1cc(F)ccc1N1CN(c2ccnnc2)C(=O)c2cc(C(F)(F)F)ccc21. The number of aryl methyl sites for hydroxylation is 1. The van der Waals surface area contributed by atoms with E-state index in [1.165, 1.54) is 41.6 Å². The van der Waals surface area contributed by atoms with Crippen LogP contribution in [0.15, 0.2) is 54.9 Å². The van der Waals surface area contributed by atoms with E-state index >= 15 is 0 Å². The van der Waals surface area contributed by atoms with Gasteiger partial charge < -0.3 is 4.90 Å². The highest BCUT2D eigenvalue weighted by Gasteiger charge is 2.36. The van der Waals surface area contributed by atoms with Crippen molar-refractivity contribution < 1.29 is 22.4 Å². The summed E-state index contributed by atoms with van der Waals surface area (Å²) in [4.78, 5) is 16.0. The Morgan fingerprint density at radius 2 is 1.72 bits per heavy atom. The van der Waals surface area contributed by atoms with E-state index in [4.69, 9.17) is 0 Å². The molecule has 0 atom stereocenters. The first-order chi connectivity index (χ1) is 13.8. The fourth-order valence-corrected chi connectivity index (χ4v) is 3.32. The van der Waals surface area contributed by atoms with Crippen LogP contribution in [0.3, 0.4) is 0 Å². The summed E-state index contributed by atoms with van der Waals surface area (Å²) in [5.74, 6) is -1.02. The standard InChI is InChI=1S/C20H14F4N4O/c1-12-8-14(21)3-5-17(12)28-11-27(15-6-7-25-26-10-15)19(29)16-9-13(20(22,23)24)2-4-18(16)28/h2-10H,11H2,1H3. The first-order valence-electron chi connectivity index (χ1n) is 8.59. The van der Waals surface area contributed by atoms with E-state index in [-0.39, 0.29) is 12.2 Å². The largest absolute Gasteiger partial charge is 0.416 e. The fourth-order valence-electron chi connectivity index (χ4n) is 3.32. The molecule has 2 aromatic carbocycles. The molecule has 3 aromatic rings. The molecule has 1 aromatic heterocycles. The van der Waals surface area contributed by atoms with Crippen molar-refractivity contribution in [3.05, 3.63) is 77.4 Å². The maximum absolute atomic E-state index is 13.6. The Kier molecular flexibility index (Phi) is 4.45. The molecule has 1 aliphatic rings. The van der Waals surface area contributed by atoms with Crippen LogP contribution in [0.2, 0.25) is 0 Å². The first kappa shape index (κ1) is 18.9. The monoisotopic (exact) mass is 402 g/mol. The Hall–Kier alpha value is -3.49. The summed E-state index contributed by atoms with van der Waals surface area (Å²) in [6.45, 7) is 1.71. The third-order valence-electron chi connectivity index (χ3n) is 4.70. The van der Waals surface area contributed by atoms with E-state index in [0.29, 0.717) is 22.6 Å². The Labute approximate surface area is 163 Å². The van der Waals surface area contributed by atoms with Gasteiger partial charge in [0, 0.05) is 5.69 Å². The average molecular weight is 402 g/mol. The number of amides is 1. The molecule has 0 spiro atoms. The summed E-state index contributed by atoms with van der Waals surface area (Å²) in [5, 5.41) is 7.41. The van der Waals surface area contributed by atoms with E-state index in [9.17, 15) is 22.4 Å². The van der Waals surface area contributed by atoms with Gasteiger partial charge in [0.2, 0.25) is 0 Å². The zero-order valence-corrected chi connectivity index (χ0v) is 15.1. The Morgan fingerprint density at radius 1 is 0.966 bits per heavy atom. The number of hydrogen-bond acceptors (Lipinski definition) is 4. The van der Waals surface area contributed by atoms with Crippen molar-refractivity contribution in [1.29, 1.82) is 0 Å². The van der Waals surface area contributed by atoms with Crippen molar-refractivity contribution in [3.63, 3.8) is 0 Å². The Bertz CT molecular complexity index is 1090. The van der Waals surface area contributed by atoms with Crippen molar-refractivity contribution in [2.45, 2.75) is 13.1 Å². The Morgan fingerprint density at radius 3 is 2.38 bits per heavy atom. The normalized spacial score (nSPS) is 14.2. The number of anilines is 3. The summed E-state index contributed by atoms with van der Waals surface area (Å²) >= 11 is 0. The van der Waals surface area contributed by atoms with E-state index < -0.39 is 23.5 Å². The zero-order chi connectivity index (χ0) is 20.8. The van der Waals surface area contributed by atoms with Gasteiger partial charge in [0.05, 0.1) is 34.9 Å². The lowest BCUT2D eigenvalue weighted by atomic mass is 10.0. The highest BCUT2D eigenvalue weighted by molar-refractivity contribution is 6.12. The Balaban J connectivity index is 1.90. The van der Waals surface area contributed by atoms with Gasteiger partial charge >= 0.3 is 6.18 Å². The fraction of sp³-hybridized carbons (Fsp3) is 0.150. The topological polar surface area (TPSA) is 49.3 Å². The van der Waals surface area contributed by atoms with Crippen molar-refractivity contribution in [2.75, 3.05) is 16.5 Å². The molecule has 1 aliphatic heterocycles. The maximum atomic E-state index is 13.6. The molecular formula is C20H14F4N4O. The van der Waals surface area contributed by atoms with E-state index in [1.54, 1.807) is 17.9 Å². The van der Waals surface area contributed by atoms with Gasteiger partial charge in [-0.1, -0.05) is 0 Å². The van der Waals surface area contributed by atoms with Gasteiger partial charge in [0.1, 0.15) is 12.5 Å². The lowest BCUT2D eigenvalue weighted by molar-refractivity contribution is -0.137. The van der Waals surface area contributed by atoms with E-state index in [2.05, 4.69) is 10.2 Å². The number of benzene rings is 2. The zero-order valence-electron chi connectivity index (χ0n) is 15.1. The summed E-state index contributed by atoms with van der Waals surface area (Å²) < 4.78 is 53.3. The van der Waals surface area contributed by atoms with Gasteiger partial charge in [-0.05, 0) is 55.0 Å². The van der Waals surface area contributed by atoms with Crippen molar-refractivity contribution in [1.82, 2.24) is 10.2 Å². The number of aromatic nitrogens is 2. The molecule has 148 valence electrons. The van der Waals surface area contributed by atoms with Crippen LogP contribution in [-0.2, 0) is 6.18 Å². The van der Waals surface area contributed by atoms with Crippen LogP contribution in [-0.4, -0.2) is 22.8 Å².